The van der Waals surface area contributed by atoms with Gasteiger partial charge in [-0.15, -0.1) is 11.3 Å². The van der Waals surface area contributed by atoms with Crippen molar-refractivity contribution in [2.24, 2.45) is 0 Å². The van der Waals surface area contributed by atoms with Crippen molar-refractivity contribution >= 4 is 22.9 Å². The number of hydrogen-bond donors (Lipinski definition) is 1. The molecule has 0 aliphatic carbocycles. The Kier molecular flexibility index (Phi) is 5.25. The average molecular weight is 296 g/mol. The maximum atomic E-state index is 5.95. The molecule has 0 aliphatic rings. The second-order valence-corrected chi connectivity index (χ2v) is 5.90. The summed E-state index contributed by atoms with van der Waals surface area (Å²) in [7, 11) is 0. The van der Waals surface area contributed by atoms with Gasteiger partial charge in [0.25, 0.3) is 0 Å². The Morgan fingerprint density at radius 2 is 2.05 bits per heavy atom. The van der Waals surface area contributed by atoms with Crippen LogP contribution in [0.1, 0.15) is 16.0 Å². The smallest absolute Gasteiger partial charge is 0.123 e. The van der Waals surface area contributed by atoms with Crippen molar-refractivity contribution in [2.45, 2.75) is 20.4 Å². The van der Waals surface area contributed by atoms with Crippen molar-refractivity contribution in [1.82, 2.24) is 5.32 Å². The topological polar surface area (TPSA) is 21.3 Å². The van der Waals surface area contributed by atoms with Crippen LogP contribution in [0, 0.1) is 13.8 Å². The standard InChI is InChI=1S/C15H18ClNOS/c1-11-3-4-13(16)9-14(11)18-7-6-17-10-15-12(2)5-8-19-15/h3-5,8-9,17H,6-7,10H2,1-2H3. The van der Waals surface area contributed by atoms with Crippen LogP contribution in [0.5, 0.6) is 5.75 Å². The van der Waals surface area contributed by atoms with Crippen LogP contribution in [-0.2, 0) is 6.54 Å². The Morgan fingerprint density at radius 1 is 1.21 bits per heavy atom. The molecule has 0 amide bonds. The van der Waals surface area contributed by atoms with Gasteiger partial charge in [-0.25, -0.2) is 0 Å². The molecule has 0 spiro atoms. The van der Waals surface area contributed by atoms with E-state index in [-0.39, 0.29) is 0 Å². The highest BCUT2D eigenvalue weighted by Crippen LogP contribution is 2.22. The summed E-state index contributed by atoms with van der Waals surface area (Å²) in [5.74, 6) is 0.863. The zero-order valence-electron chi connectivity index (χ0n) is 11.2. The number of aryl methyl sites for hydroxylation is 2. The molecule has 2 nitrogen and oxygen atoms in total. The summed E-state index contributed by atoms with van der Waals surface area (Å²) in [6.07, 6.45) is 0. The normalized spacial score (nSPS) is 10.7. The molecule has 0 atom stereocenters. The highest BCUT2D eigenvalue weighted by Gasteiger charge is 2.01. The van der Waals surface area contributed by atoms with Gasteiger partial charge in [0.05, 0.1) is 0 Å². The van der Waals surface area contributed by atoms with Crippen molar-refractivity contribution in [3.8, 4) is 5.75 Å². The van der Waals surface area contributed by atoms with Gasteiger partial charge < -0.3 is 10.1 Å². The first-order chi connectivity index (χ1) is 9.16. The first-order valence-corrected chi connectivity index (χ1v) is 7.55. The Balaban J connectivity index is 1.72. The van der Waals surface area contributed by atoms with Crippen LogP contribution in [0.3, 0.4) is 0 Å². The zero-order valence-corrected chi connectivity index (χ0v) is 12.8. The van der Waals surface area contributed by atoms with Crippen LogP contribution in [-0.4, -0.2) is 13.2 Å². The molecule has 0 saturated carbocycles. The van der Waals surface area contributed by atoms with E-state index in [1.807, 2.05) is 25.1 Å². The lowest BCUT2D eigenvalue weighted by Gasteiger charge is -2.10. The number of halogens is 1. The Labute approximate surface area is 123 Å². The van der Waals surface area contributed by atoms with E-state index in [0.29, 0.717) is 11.6 Å². The summed E-state index contributed by atoms with van der Waals surface area (Å²) in [6, 6.07) is 7.86. The molecule has 1 heterocycles. The monoisotopic (exact) mass is 295 g/mol. The van der Waals surface area contributed by atoms with Gasteiger partial charge in [-0.3, -0.25) is 0 Å². The lowest BCUT2D eigenvalue weighted by atomic mass is 10.2. The maximum Gasteiger partial charge on any atom is 0.123 e. The molecular weight excluding hydrogens is 278 g/mol. The number of ether oxygens (including phenoxy) is 1. The van der Waals surface area contributed by atoms with Gasteiger partial charge in [0, 0.05) is 23.0 Å². The summed E-state index contributed by atoms with van der Waals surface area (Å²) < 4.78 is 5.72. The van der Waals surface area contributed by atoms with E-state index >= 15 is 0 Å². The molecule has 1 N–H and O–H groups in total. The van der Waals surface area contributed by atoms with Crippen molar-refractivity contribution in [3.63, 3.8) is 0 Å². The lowest BCUT2D eigenvalue weighted by Crippen LogP contribution is -2.20. The van der Waals surface area contributed by atoms with Gasteiger partial charge >= 0.3 is 0 Å². The van der Waals surface area contributed by atoms with Gasteiger partial charge in [0.1, 0.15) is 12.4 Å². The molecule has 2 aromatic rings. The number of rotatable bonds is 6. The minimum absolute atomic E-state index is 0.644. The zero-order chi connectivity index (χ0) is 13.7. The Morgan fingerprint density at radius 3 is 2.79 bits per heavy atom. The third-order valence-corrected chi connectivity index (χ3v) is 4.20. The van der Waals surface area contributed by atoms with Crippen LogP contribution in [0.4, 0.5) is 0 Å². The van der Waals surface area contributed by atoms with Gasteiger partial charge in [-0.1, -0.05) is 17.7 Å². The van der Waals surface area contributed by atoms with E-state index in [2.05, 4.69) is 23.7 Å². The molecule has 0 unspecified atom stereocenters. The molecule has 19 heavy (non-hydrogen) atoms. The second kappa shape index (κ2) is 6.94. The fraction of sp³-hybridized carbons (Fsp3) is 0.333. The summed E-state index contributed by atoms with van der Waals surface area (Å²) in [6.45, 7) is 6.53. The van der Waals surface area contributed by atoms with E-state index < -0.39 is 0 Å². The molecule has 2 rings (SSSR count). The fourth-order valence-corrected chi connectivity index (χ4v) is 2.79. The van der Waals surface area contributed by atoms with Gasteiger partial charge in [0.15, 0.2) is 0 Å². The van der Waals surface area contributed by atoms with Crippen molar-refractivity contribution in [1.29, 1.82) is 0 Å². The molecule has 0 bridgehead atoms. The first-order valence-electron chi connectivity index (χ1n) is 6.29. The van der Waals surface area contributed by atoms with Crippen LogP contribution in [0.2, 0.25) is 5.02 Å². The van der Waals surface area contributed by atoms with Crippen LogP contribution in [0.25, 0.3) is 0 Å². The highest BCUT2D eigenvalue weighted by atomic mass is 35.5. The quantitative estimate of drug-likeness (QED) is 0.807. The van der Waals surface area contributed by atoms with Gasteiger partial charge in [0.2, 0.25) is 0 Å². The molecule has 1 aromatic carbocycles. The maximum absolute atomic E-state index is 5.95. The van der Waals surface area contributed by atoms with E-state index in [1.54, 1.807) is 11.3 Å². The van der Waals surface area contributed by atoms with Crippen molar-refractivity contribution < 1.29 is 4.74 Å². The minimum atomic E-state index is 0.644. The van der Waals surface area contributed by atoms with E-state index in [0.717, 1.165) is 24.4 Å². The van der Waals surface area contributed by atoms with Crippen LogP contribution < -0.4 is 10.1 Å². The third kappa shape index (κ3) is 4.23. The molecule has 0 radical (unpaired) electrons. The molecule has 0 aliphatic heterocycles. The Bertz CT molecular complexity index is 539. The fourth-order valence-electron chi connectivity index (χ4n) is 1.75. The van der Waals surface area contributed by atoms with Crippen LogP contribution in [0.15, 0.2) is 29.6 Å². The molecular formula is C15H18ClNOS. The first kappa shape index (κ1) is 14.4. The lowest BCUT2D eigenvalue weighted by molar-refractivity contribution is 0.312. The van der Waals surface area contributed by atoms with Gasteiger partial charge in [-0.05, 0) is 48.6 Å². The molecule has 0 fully saturated rings. The van der Waals surface area contributed by atoms with Crippen LogP contribution >= 0.6 is 22.9 Å². The number of nitrogens with one attached hydrogen (secondary N) is 1. The summed E-state index contributed by atoms with van der Waals surface area (Å²) in [5, 5.41) is 6.22. The molecule has 102 valence electrons. The van der Waals surface area contributed by atoms with E-state index in [4.69, 9.17) is 16.3 Å². The van der Waals surface area contributed by atoms with E-state index in [1.165, 1.54) is 10.4 Å². The van der Waals surface area contributed by atoms with Crippen molar-refractivity contribution in [3.05, 3.63) is 50.7 Å². The number of thiophene rings is 1. The molecule has 1 aromatic heterocycles. The number of hydrogen-bond acceptors (Lipinski definition) is 3. The second-order valence-electron chi connectivity index (χ2n) is 4.46. The van der Waals surface area contributed by atoms with Crippen molar-refractivity contribution in [2.75, 3.05) is 13.2 Å². The Hall–Kier alpha value is -1.03. The largest absolute Gasteiger partial charge is 0.492 e. The SMILES string of the molecule is Cc1ccc(Cl)cc1OCCNCc1sccc1C. The summed E-state index contributed by atoms with van der Waals surface area (Å²) in [5.41, 5.74) is 2.46. The van der Waals surface area contributed by atoms with E-state index in [9.17, 15) is 0 Å². The summed E-state index contributed by atoms with van der Waals surface area (Å²) >= 11 is 7.74. The predicted octanol–water partition coefficient (Wildman–Crippen LogP) is 4.19. The highest BCUT2D eigenvalue weighted by molar-refractivity contribution is 7.10. The number of benzene rings is 1. The van der Waals surface area contributed by atoms with Gasteiger partial charge in [-0.2, -0.15) is 0 Å². The minimum Gasteiger partial charge on any atom is -0.492 e. The predicted molar refractivity (Wildman–Crippen MR) is 82.4 cm³/mol. The molecule has 4 heteroatoms. The molecule has 0 saturated heterocycles. The summed E-state index contributed by atoms with van der Waals surface area (Å²) in [4.78, 5) is 1.39. The average Bonchev–Trinajstić information content (AvgIpc) is 2.79. The third-order valence-electron chi connectivity index (χ3n) is 2.94.